The average molecular weight is 504 g/mol. The van der Waals surface area contributed by atoms with Gasteiger partial charge in [0.2, 0.25) is 0 Å². The van der Waals surface area contributed by atoms with E-state index in [1.807, 2.05) is 0 Å². The van der Waals surface area contributed by atoms with Crippen LogP contribution in [-0.4, -0.2) is 50.0 Å². The molecule has 36 heavy (non-hydrogen) atoms. The van der Waals surface area contributed by atoms with Crippen LogP contribution in [0.4, 0.5) is 13.2 Å². The summed E-state index contributed by atoms with van der Waals surface area (Å²) < 4.78 is 64.6. The third-order valence-electron chi connectivity index (χ3n) is 7.84. The molecule has 1 saturated heterocycles. The third-order valence-corrected chi connectivity index (χ3v) is 7.84. The minimum atomic E-state index is -5.16. The van der Waals surface area contributed by atoms with Crippen molar-refractivity contribution in [2.24, 2.45) is 16.7 Å². The lowest BCUT2D eigenvalue weighted by atomic mass is 9.51. The fourth-order valence-corrected chi connectivity index (χ4v) is 6.10. The Morgan fingerprint density at radius 2 is 1.83 bits per heavy atom. The number of carbonyl (C=O) groups is 3. The van der Waals surface area contributed by atoms with Crippen LogP contribution in [0, 0.1) is 16.7 Å². The summed E-state index contributed by atoms with van der Waals surface area (Å²) in [5.41, 5.74) is -5.28. The van der Waals surface area contributed by atoms with Gasteiger partial charge >= 0.3 is 24.1 Å². The molecule has 0 N–H and O–H groups in total. The van der Waals surface area contributed by atoms with E-state index in [0.29, 0.717) is 11.1 Å². The van der Waals surface area contributed by atoms with Gasteiger partial charge in [-0.15, -0.1) is 0 Å². The van der Waals surface area contributed by atoms with Gasteiger partial charge in [-0.1, -0.05) is 43.3 Å². The second-order valence-corrected chi connectivity index (χ2v) is 9.70. The molecule has 5 rings (SSSR count). The summed E-state index contributed by atoms with van der Waals surface area (Å²) in [4.78, 5) is 38.5. The molecule has 4 aliphatic rings. The summed E-state index contributed by atoms with van der Waals surface area (Å²) in [5.74, 6) is -3.47. The Balaban J connectivity index is 1.64. The van der Waals surface area contributed by atoms with Crippen molar-refractivity contribution in [1.82, 2.24) is 0 Å². The summed E-state index contributed by atoms with van der Waals surface area (Å²) in [7, 11) is 0.790. The second kappa shape index (κ2) is 7.80. The van der Waals surface area contributed by atoms with Crippen molar-refractivity contribution in [2.75, 3.05) is 13.7 Å². The molecule has 190 valence electrons. The molecule has 0 spiro atoms. The van der Waals surface area contributed by atoms with E-state index < -0.39 is 64.2 Å². The number of esters is 3. The largest absolute Gasteiger partial charge is 0.458 e. The van der Waals surface area contributed by atoms with Gasteiger partial charge in [-0.2, -0.15) is 13.2 Å². The number of ether oxygens (including phenoxy) is 4. The normalized spacial score (nSPS) is 34.3. The summed E-state index contributed by atoms with van der Waals surface area (Å²) in [6.45, 7) is 3.22. The summed E-state index contributed by atoms with van der Waals surface area (Å²) >= 11 is 0. The molecule has 7 nitrogen and oxygen atoms in total. The predicted octanol–water partition coefficient (Wildman–Crippen LogP) is 3.55. The highest BCUT2D eigenvalue weighted by Gasteiger charge is 2.69. The zero-order chi connectivity index (χ0) is 26.1. The van der Waals surface area contributed by atoms with Crippen molar-refractivity contribution in [2.45, 2.75) is 37.8 Å². The van der Waals surface area contributed by atoms with Gasteiger partial charge in [-0.3, -0.25) is 4.79 Å². The van der Waals surface area contributed by atoms with E-state index in [4.69, 9.17) is 18.9 Å². The highest BCUT2D eigenvalue weighted by molar-refractivity contribution is 5.88. The first-order valence-electron chi connectivity index (χ1n) is 11.3. The first kappa shape index (κ1) is 24.3. The van der Waals surface area contributed by atoms with Gasteiger partial charge in [-0.05, 0) is 30.2 Å². The molecule has 10 heteroatoms. The van der Waals surface area contributed by atoms with E-state index in [2.05, 4.69) is 0 Å². The highest BCUT2D eigenvalue weighted by atomic mass is 19.4. The molecule has 0 saturated carbocycles. The smallest absolute Gasteiger partial charge is 0.432 e. The van der Waals surface area contributed by atoms with E-state index in [9.17, 15) is 27.6 Å². The molecule has 1 aromatic rings. The molecular formula is C26H23F3O7. The maximum absolute atomic E-state index is 14.5. The molecule has 0 unspecified atom stereocenters. The molecule has 2 aliphatic carbocycles. The zero-order valence-electron chi connectivity index (χ0n) is 19.6. The van der Waals surface area contributed by atoms with Crippen LogP contribution < -0.4 is 0 Å². The Labute approximate surface area is 204 Å². The first-order valence-corrected chi connectivity index (χ1v) is 11.3. The SMILES string of the molecule is CO[C@](C(=O)O[C@@H]1C=C[C@]2(C)C(=O)O[C@@H]3C=C4COC(=O)C=C4[C@]1(C)[C@@H]32)(c1ccccc1)C(F)(F)F. The summed E-state index contributed by atoms with van der Waals surface area (Å²) in [5, 5.41) is 0. The number of carbonyl (C=O) groups excluding carboxylic acids is 3. The van der Waals surface area contributed by atoms with E-state index in [-0.39, 0.29) is 6.61 Å². The number of methoxy groups -OCH3 is 1. The molecule has 1 aromatic carbocycles. The van der Waals surface area contributed by atoms with Crippen molar-refractivity contribution >= 4 is 17.9 Å². The van der Waals surface area contributed by atoms with Crippen LogP contribution in [0.3, 0.4) is 0 Å². The van der Waals surface area contributed by atoms with Gasteiger partial charge in [-0.25, -0.2) is 9.59 Å². The topological polar surface area (TPSA) is 88.1 Å². The fourth-order valence-electron chi connectivity index (χ4n) is 6.10. The van der Waals surface area contributed by atoms with E-state index in [1.165, 1.54) is 36.4 Å². The van der Waals surface area contributed by atoms with Gasteiger partial charge in [0.25, 0.3) is 5.60 Å². The van der Waals surface area contributed by atoms with Gasteiger partial charge in [0.05, 0.1) is 5.41 Å². The molecule has 0 bridgehead atoms. The first-order chi connectivity index (χ1) is 16.9. The number of halogens is 3. The molecule has 2 aliphatic heterocycles. The van der Waals surface area contributed by atoms with Crippen LogP contribution in [0.25, 0.3) is 0 Å². The van der Waals surface area contributed by atoms with Gasteiger partial charge in [0, 0.05) is 30.1 Å². The molecule has 0 amide bonds. The number of fused-ring (bicyclic) bond motifs is 2. The Bertz CT molecular complexity index is 1230. The molecule has 6 atom stereocenters. The average Bonchev–Trinajstić information content (AvgIpc) is 3.08. The number of hydrogen-bond acceptors (Lipinski definition) is 7. The fraction of sp³-hybridized carbons (Fsp3) is 0.423. The van der Waals surface area contributed by atoms with Crippen molar-refractivity contribution in [3.8, 4) is 0 Å². The van der Waals surface area contributed by atoms with Crippen molar-refractivity contribution in [1.29, 1.82) is 0 Å². The lowest BCUT2D eigenvalue weighted by Gasteiger charge is -2.52. The van der Waals surface area contributed by atoms with E-state index in [0.717, 1.165) is 19.2 Å². The van der Waals surface area contributed by atoms with Gasteiger partial charge in [0.15, 0.2) is 0 Å². The lowest BCUT2D eigenvalue weighted by molar-refractivity contribution is -0.279. The lowest BCUT2D eigenvalue weighted by Crippen LogP contribution is -2.58. The molecule has 2 heterocycles. The number of hydrogen-bond donors (Lipinski definition) is 0. The zero-order valence-corrected chi connectivity index (χ0v) is 19.6. The minimum Gasteiger partial charge on any atom is -0.458 e. The minimum absolute atomic E-state index is 0.100. The van der Waals surface area contributed by atoms with Crippen LogP contribution >= 0.6 is 0 Å². The van der Waals surface area contributed by atoms with Crippen molar-refractivity contribution in [3.63, 3.8) is 0 Å². The maximum Gasteiger partial charge on any atom is 0.432 e. The van der Waals surface area contributed by atoms with Crippen LogP contribution in [0.5, 0.6) is 0 Å². The van der Waals surface area contributed by atoms with Gasteiger partial charge in [0.1, 0.15) is 18.8 Å². The Morgan fingerprint density at radius 1 is 1.14 bits per heavy atom. The number of alkyl halides is 3. The quantitative estimate of drug-likeness (QED) is 0.352. The Morgan fingerprint density at radius 3 is 2.47 bits per heavy atom. The summed E-state index contributed by atoms with van der Waals surface area (Å²) in [6, 6.07) is 6.50. The third kappa shape index (κ3) is 3.06. The van der Waals surface area contributed by atoms with Crippen LogP contribution in [-0.2, 0) is 38.9 Å². The second-order valence-electron chi connectivity index (χ2n) is 9.70. The van der Waals surface area contributed by atoms with Crippen molar-refractivity contribution < 1.29 is 46.5 Å². The number of rotatable bonds is 4. The van der Waals surface area contributed by atoms with Crippen molar-refractivity contribution in [3.05, 3.63) is 71.3 Å². The maximum atomic E-state index is 14.5. The van der Waals surface area contributed by atoms with E-state index >= 15 is 0 Å². The Kier molecular flexibility index (Phi) is 5.26. The predicted molar refractivity (Wildman–Crippen MR) is 117 cm³/mol. The molecule has 0 radical (unpaired) electrons. The summed E-state index contributed by atoms with van der Waals surface area (Å²) in [6.07, 6.45) is -1.36. The highest BCUT2D eigenvalue weighted by Crippen LogP contribution is 2.62. The Hall–Kier alpha value is -3.40. The monoisotopic (exact) mass is 504 g/mol. The van der Waals surface area contributed by atoms with Gasteiger partial charge < -0.3 is 18.9 Å². The van der Waals surface area contributed by atoms with Crippen LogP contribution in [0.15, 0.2) is 65.8 Å². The van der Waals surface area contributed by atoms with Crippen LogP contribution in [0.1, 0.15) is 19.4 Å². The standard InChI is InChI=1S/C26H23F3O7/c1-23-10-9-18(36-22(32)25(33-3,26(27,28)29)15-7-5-4-6-8-15)24(2)16-12-19(30)34-13-14(16)11-17(20(23)24)35-21(23)31/h4-12,17-18,20H,13H2,1-3H3/t17-,18-,20+,23+,24+,25+/m1/s1. The molecular weight excluding hydrogens is 481 g/mol. The van der Waals surface area contributed by atoms with Crippen LogP contribution in [0.2, 0.25) is 0 Å². The molecule has 1 fully saturated rings. The van der Waals surface area contributed by atoms with E-state index in [1.54, 1.807) is 19.9 Å². The number of cyclic esters (lactones) is 1. The molecule has 0 aromatic heterocycles. The number of benzene rings is 1.